The first-order chi connectivity index (χ1) is 8.49. The predicted octanol–water partition coefficient (Wildman–Crippen LogP) is 1.71. The molecule has 1 aromatic rings. The zero-order chi connectivity index (χ0) is 13.5. The van der Waals surface area contributed by atoms with Gasteiger partial charge in [0.25, 0.3) is 5.91 Å². The van der Waals surface area contributed by atoms with Gasteiger partial charge in [-0.1, -0.05) is 11.6 Å². The van der Waals surface area contributed by atoms with Gasteiger partial charge >= 0.3 is 0 Å². The number of halogens is 1. The highest BCUT2D eigenvalue weighted by Crippen LogP contribution is 2.21. The van der Waals surface area contributed by atoms with E-state index in [1.807, 2.05) is 25.9 Å². The summed E-state index contributed by atoms with van der Waals surface area (Å²) >= 11 is 5.84. The summed E-state index contributed by atoms with van der Waals surface area (Å²) in [4.78, 5) is 13.5. The highest BCUT2D eigenvalue weighted by Gasteiger charge is 2.05. The highest BCUT2D eigenvalue weighted by molar-refractivity contribution is 6.30. The Kier molecular flexibility index (Phi) is 5.95. The maximum absolute atomic E-state index is 11.5. The lowest BCUT2D eigenvalue weighted by Crippen LogP contribution is -2.34. The fourth-order valence-corrected chi connectivity index (χ4v) is 1.61. The number of carbonyl (C=O) groups excluding carboxylic acids is 1. The number of amides is 1. The van der Waals surface area contributed by atoms with Gasteiger partial charge in [-0.05, 0) is 44.8 Å². The van der Waals surface area contributed by atoms with E-state index in [-0.39, 0.29) is 12.5 Å². The van der Waals surface area contributed by atoms with E-state index >= 15 is 0 Å². The lowest BCUT2D eigenvalue weighted by Gasteiger charge is -2.12. The van der Waals surface area contributed by atoms with Crippen molar-refractivity contribution in [1.82, 2.24) is 10.2 Å². The molecule has 0 aliphatic rings. The highest BCUT2D eigenvalue weighted by atomic mass is 35.5. The van der Waals surface area contributed by atoms with Gasteiger partial charge in [-0.25, -0.2) is 0 Å². The van der Waals surface area contributed by atoms with E-state index in [1.54, 1.807) is 18.2 Å². The Labute approximate surface area is 113 Å². The molecule has 0 saturated carbocycles. The van der Waals surface area contributed by atoms with E-state index in [0.717, 1.165) is 12.1 Å². The molecule has 0 radical (unpaired) electrons. The third kappa shape index (κ3) is 5.38. The van der Waals surface area contributed by atoms with Gasteiger partial charge in [-0.15, -0.1) is 0 Å². The number of ether oxygens (including phenoxy) is 1. The van der Waals surface area contributed by atoms with Gasteiger partial charge in [0.05, 0.1) is 0 Å². The second kappa shape index (κ2) is 7.24. The monoisotopic (exact) mass is 270 g/mol. The molecule has 0 aliphatic heterocycles. The number of benzene rings is 1. The maximum atomic E-state index is 11.5. The van der Waals surface area contributed by atoms with E-state index in [1.165, 1.54) is 0 Å². The van der Waals surface area contributed by atoms with Crippen LogP contribution >= 0.6 is 11.6 Å². The summed E-state index contributed by atoms with van der Waals surface area (Å²) < 4.78 is 5.43. The Morgan fingerprint density at radius 1 is 1.44 bits per heavy atom. The molecule has 1 N–H and O–H groups in total. The van der Waals surface area contributed by atoms with Crippen LogP contribution in [0.3, 0.4) is 0 Å². The number of hydrogen-bond acceptors (Lipinski definition) is 3. The minimum absolute atomic E-state index is 0.0237. The first-order valence-corrected chi connectivity index (χ1v) is 6.17. The molecular weight excluding hydrogens is 252 g/mol. The quantitative estimate of drug-likeness (QED) is 0.856. The van der Waals surface area contributed by atoms with Crippen LogP contribution in [-0.2, 0) is 4.79 Å². The van der Waals surface area contributed by atoms with Crippen LogP contribution in [0.5, 0.6) is 5.75 Å². The van der Waals surface area contributed by atoms with Gasteiger partial charge in [0, 0.05) is 18.1 Å². The summed E-state index contributed by atoms with van der Waals surface area (Å²) in [7, 11) is 3.92. The smallest absolute Gasteiger partial charge is 0.257 e. The SMILES string of the molecule is Cc1cc(Cl)ccc1OCC(=O)NCCN(C)C. The second-order valence-corrected chi connectivity index (χ2v) is 4.79. The summed E-state index contributed by atoms with van der Waals surface area (Å²) in [5.74, 6) is 0.563. The molecule has 100 valence electrons. The fourth-order valence-electron chi connectivity index (χ4n) is 1.39. The van der Waals surface area contributed by atoms with Crippen LogP contribution in [0.15, 0.2) is 18.2 Å². The molecular formula is C13H19ClN2O2. The molecule has 0 fully saturated rings. The molecule has 0 unspecified atom stereocenters. The van der Waals surface area contributed by atoms with Crippen LogP contribution in [0.4, 0.5) is 0 Å². The number of rotatable bonds is 6. The molecule has 18 heavy (non-hydrogen) atoms. The number of aryl methyl sites for hydroxylation is 1. The Balaban J connectivity index is 2.33. The van der Waals surface area contributed by atoms with E-state index in [2.05, 4.69) is 5.32 Å². The van der Waals surface area contributed by atoms with Crippen LogP contribution in [0.2, 0.25) is 5.02 Å². The minimum atomic E-state index is -0.119. The Bertz CT molecular complexity index is 408. The van der Waals surface area contributed by atoms with Crippen LogP contribution in [0, 0.1) is 6.92 Å². The van der Waals surface area contributed by atoms with Crippen LogP contribution in [0.1, 0.15) is 5.56 Å². The van der Waals surface area contributed by atoms with Crippen molar-refractivity contribution < 1.29 is 9.53 Å². The van der Waals surface area contributed by atoms with Gasteiger partial charge < -0.3 is 15.0 Å². The van der Waals surface area contributed by atoms with Gasteiger partial charge in [-0.2, -0.15) is 0 Å². The molecule has 0 atom stereocenters. The summed E-state index contributed by atoms with van der Waals surface area (Å²) in [5, 5.41) is 3.45. The molecule has 0 saturated heterocycles. The van der Waals surface area contributed by atoms with Gasteiger partial charge in [0.15, 0.2) is 6.61 Å². The largest absolute Gasteiger partial charge is 0.484 e. The molecule has 0 bridgehead atoms. The Morgan fingerprint density at radius 3 is 2.78 bits per heavy atom. The van der Waals surface area contributed by atoms with E-state index in [9.17, 15) is 4.79 Å². The van der Waals surface area contributed by atoms with Crippen molar-refractivity contribution in [2.24, 2.45) is 0 Å². The van der Waals surface area contributed by atoms with Crippen molar-refractivity contribution in [3.8, 4) is 5.75 Å². The molecule has 4 nitrogen and oxygen atoms in total. The van der Waals surface area contributed by atoms with Crippen molar-refractivity contribution in [2.75, 3.05) is 33.8 Å². The number of nitrogens with zero attached hydrogens (tertiary/aromatic N) is 1. The molecule has 1 amide bonds. The second-order valence-electron chi connectivity index (χ2n) is 4.35. The molecule has 1 aromatic carbocycles. The first kappa shape index (κ1) is 14.8. The van der Waals surface area contributed by atoms with Gasteiger partial charge in [0.2, 0.25) is 0 Å². The number of nitrogens with one attached hydrogen (secondary N) is 1. The van der Waals surface area contributed by atoms with Crippen molar-refractivity contribution >= 4 is 17.5 Å². The van der Waals surface area contributed by atoms with E-state index in [0.29, 0.717) is 17.3 Å². The minimum Gasteiger partial charge on any atom is -0.484 e. The predicted molar refractivity (Wildman–Crippen MR) is 73.2 cm³/mol. The lowest BCUT2D eigenvalue weighted by molar-refractivity contribution is -0.123. The lowest BCUT2D eigenvalue weighted by atomic mass is 10.2. The van der Waals surface area contributed by atoms with Crippen LogP contribution < -0.4 is 10.1 Å². The summed E-state index contributed by atoms with van der Waals surface area (Å²) in [6.45, 7) is 3.35. The molecule has 0 spiro atoms. The van der Waals surface area contributed by atoms with Crippen LogP contribution in [-0.4, -0.2) is 44.6 Å². The van der Waals surface area contributed by atoms with Crippen LogP contribution in [0.25, 0.3) is 0 Å². The summed E-state index contributed by atoms with van der Waals surface area (Å²) in [6, 6.07) is 5.32. The average molecular weight is 271 g/mol. The Hall–Kier alpha value is -1.26. The molecule has 1 rings (SSSR count). The van der Waals surface area contributed by atoms with Gasteiger partial charge in [0.1, 0.15) is 5.75 Å². The number of hydrogen-bond donors (Lipinski definition) is 1. The third-order valence-corrected chi connectivity index (χ3v) is 2.61. The molecule has 0 aromatic heterocycles. The standard InChI is InChI=1S/C13H19ClN2O2/c1-10-8-11(14)4-5-12(10)18-9-13(17)15-6-7-16(2)3/h4-5,8H,6-7,9H2,1-3H3,(H,15,17). The van der Waals surface area contributed by atoms with E-state index < -0.39 is 0 Å². The molecule has 0 heterocycles. The third-order valence-electron chi connectivity index (χ3n) is 2.38. The van der Waals surface area contributed by atoms with Crippen molar-refractivity contribution in [3.63, 3.8) is 0 Å². The summed E-state index contributed by atoms with van der Waals surface area (Å²) in [6.07, 6.45) is 0. The number of carbonyl (C=O) groups is 1. The summed E-state index contributed by atoms with van der Waals surface area (Å²) in [5.41, 5.74) is 0.920. The van der Waals surface area contributed by atoms with Crippen molar-refractivity contribution in [1.29, 1.82) is 0 Å². The van der Waals surface area contributed by atoms with E-state index in [4.69, 9.17) is 16.3 Å². The molecule has 0 aliphatic carbocycles. The maximum Gasteiger partial charge on any atom is 0.257 e. The Morgan fingerprint density at radius 2 is 2.17 bits per heavy atom. The number of likely N-dealkylation sites (N-methyl/N-ethyl adjacent to an activating group) is 1. The molecule has 5 heteroatoms. The normalized spacial score (nSPS) is 10.5. The van der Waals surface area contributed by atoms with Gasteiger partial charge in [-0.3, -0.25) is 4.79 Å². The zero-order valence-electron chi connectivity index (χ0n) is 11.0. The average Bonchev–Trinajstić information content (AvgIpc) is 2.27. The first-order valence-electron chi connectivity index (χ1n) is 5.79. The van der Waals surface area contributed by atoms with Crippen molar-refractivity contribution in [2.45, 2.75) is 6.92 Å². The topological polar surface area (TPSA) is 41.6 Å². The fraction of sp³-hybridized carbons (Fsp3) is 0.462. The zero-order valence-corrected chi connectivity index (χ0v) is 11.8. The van der Waals surface area contributed by atoms with Crippen molar-refractivity contribution in [3.05, 3.63) is 28.8 Å².